The Morgan fingerprint density at radius 1 is 1.24 bits per heavy atom. The van der Waals surface area contributed by atoms with Crippen LogP contribution in [0.5, 0.6) is 0 Å². The molecule has 0 heterocycles. The first-order chi connectivity index (χ1) is 9.81. The van der Waals surface area contributed by atoms with Crippen molar-refractivity contribution in [2.24, 2.45) is 0 Å². The van der Waals surface area contributed by atoms with Crippen LogP contribution in [0.15, 0.2) is 34.1 Å². The minimum absolute atomic E-state index is 0.159. The molecule has 7 heteroatoms. The van der Waals surface area contributed by atoms with E-state index in [1.807, 2.05) is 6.92 Å². The van der Waals surface area contributed by atoms with Crippen LogP contribution in [0.2, 0.25) is 0 Å². The van der Waals surface area contributed by atoms with Crippen molar-refractivity contribution in [3.05, 3.63) is 24.3 Å². The zero-order chi connectivity index (χ0) is 16.0. The molecule has 0 aromatic heterocycles. The predicted molar refractivity (Wildman–Crippen MR) is 81.3 cm³/mol. The Labute approximate surface area is 128 Å². The minimum atomic E-state index is -3.29. The highest BCUT2D eigenvalue weighted by molar-refractivity contribution is 7.90. The normalized spacial score (nSPS) is 14.4. The third-order valence-corrected chi connectivity index (χ3v) is 5.65. The summed E-state index contributed by atoms with van der Waals surface area (Å²) in [6, 6.07) is 5.76. The molecule has 1 aromatic rings. The monoisotopic (exact) mass is 332 g/mol. The van der Waals surface area contributed by atoms with Crippen LogP contribution < -0.4 is 0 Å². The molecular formula is C14H20O5S2. The third kappa shape index (κ3) is 4.93. The summed E-state index contributed by atoms with van der Waals surface area (Å²) in [5.74, 6) is -0.482. The molecule has 118 valence electrons. The van der Waals surface area contributed by atoms with E-state index in [4.69, 9.17) is 4.74 Å². The zero-order valence-corrected chi connectivity index (χ0v) is 14.0. The summed E-state index contributed by atoms with van der Waals surface area (Å²) in [5.41, 5.74) is 0. The summed E-state index contributed by atoms with van der Waals surface area (Å²) in [6.07, 6.45) is 2.27. The summed E-state index contributed by atoms with van der Waals surface area (Å²) in [5, 5.41) is -0.723. The second-order valence-corrected chi connectivity index (χ2v) is 8.22. The first-order valence-corrected chi connectivity index (χ1v) is 9.79. The standard InChI is InChI=1S/C14H20O5S2/c1-4-6-13(14(15)19-5-2)20(16)11-7-9-12(10-8-11)21(3,17)18/h7-10,13H,4-6H2,1-3H3. The molecule has 0 spiro atoms. The highest BCUT2D eigenvalue weighted by Gasteiger charge is 2.27. The molecule has 0 amide bonds. The number of hydrogen-bond acceptors (Lipinski definition) is 5. The largest absolute Gasteiger partial charge is 0.465 e. The summed E-state index contributed by atoms with van der Waals surface area (Å²) in [7, 11) is -4.85. The number of rotatable bonds is 7. The van der Waals surface area contributed by atoms with Gasteiger partial charge < -0.3 is 4.74 Å². The Balaban J connectivity index is 3.01. The first-order valence-electron chi connectivity index (χ1n) is 6.68. The van der Waals surface area contributed by atoms with Crippen molar-refractivity contribution in [2.75, 3.05) is 12.9 Å². The van der Waals surface area contributed by atoms with Crippen molar-refractivity contribution in [1.29, 1.82) is 0 Å². The SMILES string of the molecule is CCCC(C(=O)OCC)S(=O)c1ccc(S(C)(=O)=O)cc1. The lowest BCUT2D eigenvalue weighted by Crippen LogP contribution is -2.28. The smallest absolute Gasteiger partial charge is 0.322 e. The van der Waals surface area contributed by atoms with E-state index in [0.29, 0.717) is 17.7 Å². The molecule has 0 aliphatic carbocycles. The van der Waals surface area contributed by atoms with Gasteiger partial charge in [-0.3, -0.25) is 9.00 Å². The molecule has 2 atom stereocenters. The fourth-order valence-electron chi connectivity index (χ4n) is 1.79. The third-order valence-electron chi connectivity index (χ3n) is 2.84. The molecule has 2 unspecified atom stereocenters. The quantitative estimate of drug-likeness (QED) is 0.713. The average molecular weight is 332 g/mol. The van der Waals surface area contributed by atoms with Crippen LogP contribution in [0.4, 0.5) is 0 Å². The van der Waals surface area contributed by atoms with Crippen LogP contribution in [0.1, 0.15) is 26.7 Å². The van der Waals surface area contributed by atoms with Gasteiger partial charge in [-0.1, -0.05) is 13.3 Å². The number of benzene rings is 1. The molecule has 0 bridgehead atoms. The van der Waals surface area contributed by atoms with E-state index in [1.165, 1.54) is 24.3 Å². The van der Waals surface area contributed by atoms with E-state index in [0.717, 1.165) is 6.26 Å². The molecule has 1 aromatic carbocycles. The summed E-state index contributed by atoms with van der Waals surface area (Å²) < 4.78 is 40.2. The molecular weight excluding hydrogens is 312 g/mol. The highest BCUT2D eigenvalue weighted by atomic mass is 32.2. The summed E-state index contributed by atoms with van der Waals surface area (Å²) in [6.45, 7) is 3.84. The van der Waals surface area contributed by atoms with Crippen molar-refractivity contribution in [3.8, 4) is 0 Å². The number of sulfone groups is 1. The summed E-state index contributed by atoms with van der Waals surface area (Å²) >= 11 is 0. The lowest BCUT2D eigenvalue weighted by molar-refractivity contribution is -0.142. The first kappa shape index (κ1) is 17.8. The van der Waals surface area contributed by atoms with E-state index < -0.39 is 31.9 Å². The highest BCUT2D eigenvalue weighted by Crippen LogP contribution is 2.19. The van der Waals surface area contributed by atoms with Gasteiger partial charge in [-0.2, -0.15) is 0 Å². The van der Waals surface area contributed by atoms with E-state index >= 15 is 0 Å². The van der Waals surface area contributed by atoms with Crippen LogP contribution in [0.3, 0.4) is 0 Å². The van der Waals surface area contributed by atoms with Gasteiger partial charge in [0, 0.05) is 11.2 Å². The topological polar surface area (TPSA) is 77.5 Å². The maximum Gasteiger partial charge on any atom is 0.322 e. The molecule has 0 saturated carbocycles. The average Bonchev–Trinajstić information content (AvgIpc) is 2.43. The summed E-state index contributed by atoms with van der Waals surface area (Å²) in [4.78, 5) is 12.4. The fourth-order valence-corrected chi connectivity index (χ4v) is 3.85. The lowest BCUT2D eigenvalue weighted by Gasteiger charge is -2.14. The zero-order valence-electron chi connectivity index (χ0n) is 12.4. The number of carbonyl (C=O) groups excluding carboxylic acids is 1. The fraction of sp³-hybridized carbons (Fsp3) is 0.500. The molecule has 0 N–H and O–H groups in total. The van der Waals surface area contributed by atoms with Gasteiger partial charge in [0.1, 0.15) is 5.25 Å². The van der Waals surface area contributed by atoms with Gasteiger partial charge in [-0.25, -0.2) is 8.42 Å². The van der Waals surface area contributed by atoms with E-state index in [-0.39, 0.29) is 11.5 Å². The molecule has 0 aliphatic heterocycles. The van der Waals surface area contributed by atoms with Gasteiger partial charge in [-0.15, -0.1) is 0 Å². The van der Waals surface area contributed by atoms with E-state index in [1.54, 1.807) is 6.92 Å². The molecule has 1 rings (SSSR count). The molecule has 0 radical (unpaired) electrons. The second-order valence-electron chi connectivity index (χ2n) is 4.57. The van der Waals surface area contributed by atoms with Crippen molar-refractivity contribution < 1.29 is 22.2 Å². The van der Waals surface area contributed by atoms with Gasteiger partial charge >= 0.3 is 5.97 Å². The Kier molecular flexibility index (Phi) is 6.54. The minimum Gasteiger partial charge on any atom is -0.465 e. The van der Waals surface area contributed by atoms with Crippen molar-refractivity contribution >= 4 is 26.6 Å². The lowest BCUT2D eigenvalue weighted by atomic mass is 10.2. The Morgan fingerprint density at radius 2 is 1.81 bits per heavy atom. The van der Waals surface area contributed by atoms with E-state index in [2.05, 4.69) is 0 Å². The maximum absolute atomic E-state index is 12.5. The number of ether oxygens (including phenoxy) is 1. The van der Waals surface area contributed by atoms with Crippen LogP contribution >= 0.6 is 0 Å². The van der Waals surface area contributed by atoms with E-state index in [9.17, 15) is 17.4 Å². The van der Waals surface area contributed by atoms with Crippen molar-refractivity contribution in [3.63, 3.8) is 0 Å². The molecule has 0 fully saturated rings. The number of carbonyl (C=O) groups is 1. The van der Waals surface area contributed by atoms with Gasteiger partial charge in [0.25, 0.3) is 0 Å². The number of hydrogen-bond donors (Lipinski definition) is 0. The Morgan fingerprint density at radius 3 is 2.24 bits per heavy atom. The Bertz CT molecular complexity index is 605. The van der Waals surface area contributed by atoms with Gasteiger partial charge in [0.15, 0.2) is 9.84 Å². The van der Waals surface area contributed by atoms with Gasteiger partial charge in [-0.05, 0) is 37.6 Å². The van der Waals surface area contributed by atoms with Gasteiger partial charge in [0.05, 0.1) is 22.3 Å². The van der Waals surface area contributed by atoms with Gasteiger partial charge in [0.2, 0.25) is 0 Å². The molecule has 0 aliphatic rings. The van der Waals surface area contributed by atoms with Crippen LogP contribution in [0, 0.1) is 0 Å². The maximum atomic E-state index is 12.5. The second kappa shape index (κ2) is 7.70. The Hall–Kier alpha value is -1.21. The van der Waals surface area contributed by atoms with Crippen molar-refractivity contribution in [2.45, 2.75) is 41.7 Å². The van der Waals surface area contributed by atoms with Crippen LogP contribution in [0.25, 0.3) is 0 Å². The predicted octanol–water partition coefficient (Wildman–Crippen LogP) is 1.93. The molecule has 0 saturated heterocycles. The van der Waals surface area contributed by atoms with Crippen LogP contribution in [-0.4, -0.2) is 36.7 Å². The molecule has 5 nitrogen and oxygen atoms in total. The molecule has 21 heavy (non-hydrogen) atoms. The van der Waals surface area contributed by atoms with Crippen molar-refractivity contribution in [1.82, 2.24) is 0 Å². The number of esters is 1. The van der Waals surface area contributed by atoms with Crippen LogP contribution in [-0.2, 0) is 30.2 Å².